The fourth-order valence-electron chi connectivity index (χ4n) is 1.67. The van der Waals surface area contributed by atoms with Gasteiger partial charge in [-0.15, -0.1) is 0 Å². The number of hydrogen-bond acceptors (Lipinski definition) is 3. The predicted octanol–water partition coefficient (Wildman–Crippen LogP) is 3.01. The third-order valence-corrected chi connectivity index (χ3v) is 4.15. The molecule has 1 saturated heterocycles. The van der Waals surface area contributed by atoms with E-state index >= 15 is 0 Å². The van der Waals surface area contributed by atoms with E-state index in [0.717, 1.165) is 24.3 Å². The van der Waals surface area contributed by atoms with Gasteiger partial charge in [0.05, 0.1) is 5.02 Å². The zero-order chi connectivity index (χ0) is 12.3. The number of hydrogen-bond donors (Lipinski definition) is 1. The summed E-state index contributed by atoms with van der Waals surface area (Å²) in [4.78, 5) is 15.9. The molecule has 1 aromatic heterocycles. The molecule has 0 aromatic carbocycles. The van der Waals surface area contributed by atoms with Crippen LogP contribution in [0, 0.1) is 0 Å². The van der Waals surface area contributed by atoms with Crippen molar-refractivity contribution in [2.24, 2.45) is 0 Å². The molecule has 1 aliphatic heterocycles. The lowest BCUT2D eigenvalue weighted by Crippen LogP contribution is -2.37. The molecule has 1 fully saturated rings. The molecule has 0 saturated carbocycles. The number of aromatic nitrogens is 1. The van der Waals surface area contributed by atoms with Gasteiger partial charge in [0, 0.05) is 6.04 Å². The molecule has 0 unspecified atom stereocenters. The first-order chi connectivity index (χ1) is 8.16. The quantitative estimate of drug-likeness (QED) is 0.852. The first-order valence-electron chi connectivity index (χ1n) is 5.37. The summed E-state index contributed by atoms with van der Waals surface area (Å²) in [6, 6.07) is 3.38. The number of carbonyl (C=O) groups excluding carboxylic acids is 1. The normalized spacial score (nSPS) is 16.8. The van der Waals surface area contributed by atoms with Gasteiger partial charge in [-0.05, 0) is 36.5 Å². The number of halogens is 2. The molecule has 1 N–H and O–H groups in total. The molecule has 1 aromatic rings. The second-order valence-electron chi connectivity index (χ2n) is 3.82. The van der Waals surface area contributed by atoms with Crippen LogP contribution in [0.25, 0.3) is 0 Å². The van der Waals surface area contributed by atoms with Crippen molar-refractivity contribution in [3.63, 3.8) is 0 Å². The van der Waals surface area contributed by atoms with Gasteiger partial charge in [0.2, 0.25) is 0 Å². The van der Waals surface area contributed by atoms with Crippen molar-refractivity contribution in [3.8, 4) is 0 Å². The number of amides is 1. The summed E-state index contributed by atoms with van der Waals surface area (Å²) in [5, 5.41) is 3.55. The van der Waals surface area contributed by atoms with Gasteiger partial charge in [0.15, 0.2) is 0 Å². The Balaban J connectivity index is 2.05. The number of thioether (sulfide) groups is 1. The Bertz CT molecular complexity index is 422. The highest BCUT2D eigenvalue weighted by Gasteiger charge is 2.19. The zero-order valence-electron chi connectivity index (χ0n) is 9.08. The molecule has 0 spiro atoms. The van der Waals surface area contributed by atoms with Crippen molar-refractivity contribution < 1.29 is 4.79 Å². The highest BCUT2D eigenvalue weighted by Crippen LogP contribution is 2.19. The van der Waals surface area contributed by atoms with Gasteiger partial charge in [0.1, 0.15) is 10.8 Å². The summed E-state index contributed by atoms with van der Waals surface area (Å²) in [5.41, 5.74) is 0.206. The smallest absolute Gasteiger partial charge is 0.271 e. The van der Waals surface area contributed by atoms with Crippen molar-refractivity contribution in [1.82, 2.24) is 10.3 Å². The van der Waals surface area contributed by atoms with Gasteiger partial charge in [-0.2, -0.15) is 11.8 Å². The Kier molecular flexibility index (Phi) is 4.54. The van der Waals surface area contributed by atoms with E-state index in [1.54, 1.807) is 12.1 Å². The molecule has 1 amide bonds. The van der Waals surface area contributed by atoms with Crippen LogP contribution in [-0.2, 0) is 0 Å². The van der Waals surface area contributed by atoms with Gasteiger partial charge in [-0.25, -0.2) is 4.98 Å². The Labute approximate surface area is 114 Å². The molecule has 0 bridgehead atoms. The van der Waals surface area contributed by atoms with Crippen LogP contribution in [0.2, 0.25) is 10.2 Å². The minimum atomic E-state index is -0.241. The van der Waals surface area contributed by atoms with Crippen molar-refractivity contribution in [2.45, 2.75) is 18.9 Å². The average Bonchev–Trinajstić information content (AvgIpc) is 2.33. The SMILES string of the molecule is O=C(NC1CCSCC1)c1nc(Cl)ccc1Cl. The summed E-state index contributed by atoms with van der Waals surface area (Å²) in [7, 11) is 0. The van der Waals surface area contributed by atoms with Gasteiger partial charge in [-0.3, -0.25) is 4.79 Å². The average molecular weight is 291 g/mol. The molecule has 92 valence electrons. The van der Waals surface area contributed by atoms with Crippen LogP contribution >= 0.6 is 35.0 Å². The van der Waals surface area contributed by atoms with E-state index in [2.05, 4.69) is 10.3 Å². The van der Waals surface area contributed by atoms with Crippen molar-refractivity contribution >= 4 is 40.9 Å². The third-order valence-electron chi connectivity index (χ3n) is 2.58. The molecular weight excluding hydrogens is 279 g/mol. The molecule has 17 heavy (non-hydrogen) atoms. The van der Waals surface area contributed by atoms with Crippen molar-refractivity contribution in [3.05, 3.63) is 28.0 Å². The molecule has 2 heterocycles. The number of nitrogens with zero attached hydrogens (tertiary/aromatic N) is 1. The molecule has 0 radical (unpaired) electrons. The largest absolute Gasteiger partial charge is 0.348 e. The standard InChI is InChI=1S/C11H12Cl2N2OS/c12-8-1-2-9(13)15-10(8)11(16)14-7-3-5-17-6-4-7/h1-2,7H,3-6H2,(H,14,16). The second-order valence-corrected chi connectivity index (χ2v) is 5.84. The first kappa shape index (κ1) is 13.0. The highest BCUT2D eigenvalue weighted by atomic mass is 35.5. The van der Waals surface area contributed by atoms with E-state index in [1.165, 1.54) is 0 Å². The molecule has 6 heteroatoms. The first-order valence-corrected chi connectivity index (χ1v) is 7.28. The maximum Gasteiger partial charge on any atom is 0.271 e. The fourth-order valence-corrected chi connectivity index (χ4v) is 3.12. The van der Waals surface area contributed by atoms with Crippen LogP contribution in [0.4, 0.5) is 0 Å². The van der Waals surface area contributed by atoms with E-state index in [9.17, 15) is 4.79 Å². The van der Waals surface area contributed by atoms with Crippen LogP contribution in [0.5, 0.6) is 0 Å². The maximum atomic E-state index is 12.0. The van der Waals surface area contributed by atoms with Gasteiger partial charge < -0.3 is 5.32 Å². The van der Waals surface area contributed by atoms with E-state index < -0.39 is 0 Å². The molecule has 1 aliphatic rings. The van der Waals surface area contributed by atoms with Crippen LogP contribution in [0.15, 0.2) is 12.1 Å². The topological polar surface area (TPSA) is 42.0 Å². The van der Waals surface area contributed by atoms with Crippen LogP contribution in [0.3, 0.4) is 0 Å². The van der Waals surface area contributed by atoms with Crippen LogP contribution in [-0.4, -0.2) is 28.4 Å². The summed E-state index contributed by atoms with van der Waals surface area (Å²) in [6.07, 6.45) is 1.99. The summed E-state index contributed by atoms with van der Waals surface area (Å²) < 4.78 is 0. The van der Waals surface area contributed by atoms with E-state index in [-0.39, 0.29) is 22.8 Å². The maximum absolute atomic E-state index is 12.0. The fraction of sp³-hybridized carbons (Fsp3) is 0.455. The number of nitrogens with one attached hydrogen (secondary N) is 1. The molecule has 3 nitrogen and oxygen atoms in total. The van der Waals surface area contributed by atoms with Gasteiger partial charge >= 0.3 is 0 Å². The minimum absolute atomic E-state index is 0.206. The zero-order valence-corrected chi connectivity index (χ0v) is 11.4. The molecule has 0 aliphatic carbocycles. The predicted molar refractivity (Wildman–Crippen MR) is 72.1 cm³/mol. The number of rotatable bonds is 2. The molecule has 2 rings (SSSR count). The van der Waals surface area contributed by atoms with Crippen LogP contribution < -0.4 is 5.32 Å². The van der Waals surface area contributed by atoms with Gasteiger partial charge in [-0.1, -0.05) is 23.2 Å². The number of pyridine rings is 1. The number of carbonyl (C=O) groups is 1. The lowest BCUT2D eigenvalue weighted by Gasteiger charge is -2.22. The summed E-state index contributed by atoms with van der Waals surface area (Å²) >= 11 is 13.6. The second kappa shape index (κ2) is 5.94. The highest BCUT2D eigenvalue weighted by molar-refractivity contribution is 7.99. The summed E-state index contributed by atoms with van der Waals surface area (Å²) in [5.74, 6) is 1.93. The summed E-state index contributed by atoms with van der Waals surface area (Å²) in [6.45, 7) is 0. The van der Waals surface area contributed by atoms with Crippen molar-refractivity contribution in [1.29, 1.82) is 0 Å². The lowest BCUT2D eigenvalue weighted by molar-refractivity contribution is 0.0930. The molecular formula is C11H12Cl2N2OS. The Hall–Kier alpha value is -0.450. The Morgan fingerprint density at radius 2 is 2.06 bits per heavy atom. The third kappa shape index (κ3) is 3.50. The van der Waals surface area contributed by atoms with Gasteiger partial charge in [0.25, 0.3) is 5.91 Å². The monoisotopic (exact) mass is 290 g/mol. The molecule has 0 atom stereocenters. The Morgan fingerprint density at radius 3 is 2.76 bits per heavy atom. The van der Waals surface area contributed by atoms with Crippen LogP contribution in [0.1, 0.15) is 23.3 Å². The van der Waals surface area contributed by atoms with E-state index in [4.69, 9.17) is 23.2 Å². The lowest BCUT2D eigenvalue weighted by atomic mass is 10.1. The van der Waals surface area contributed by atoms with E-state index in [1.807, 2.05) is 11.8 Å². The Morgan fingerprint density at radius 1 is 1.35 bits per heavy atom. The van der Waals surface area contributed by atoms with E-state index in [0.29, 0.717) is 5.02 Å². The minimum Gasteiger partial charge on any atom is -0.348 e. The van der Waals surface area contributed by atoms with Crippen molar-refractivity contribution in [2.75, 3.05) is 11.5 Å².